The first kappa shape index (κ1) is 21.4. The summed E-state index contributed by atoms with van der Waals surface area (Å²) in [7, 11) is -3.94. The van der Waals surface area contributed by atoms with Crippen LogP contribution in [-0.4, -0.2) is 63.0 Å². The summed E-state index contributed by atoms with van der Waals surface area (Å²) in [5, 5.41) is 2.93. The van der Waals surface area contributed by atoms with Gasteiger partial charge in [0.05, 0.1) is 6.04 Å². The summed E-state index contributed by atoms with van der Waals surface area (Å²) in [6, 6.07) is 10.3. The van der Waals surface area contributed by atoms with Gasteiger partial charge >= 0.3 is 6.03 Å². The average Bonchev–Trinajstić information content (AvgIpc) is 2.79. The lowest BCUT2D eigenvalue weighted by atomic mass is 10.1. The van der Waals surface area contributed by atoms with Crippen LogP contribution in [-0.2, 0) is 10.0 Å². The maximum absolute atomic E-state index is 14.0. The van der Waals surface area contributed by atoms with Crippen molar-refractivity contribution < 1.29 is 27.1 Å². The molecule has 0 spiro atoms. The molecule has 2 aromatic carbocycles. The van der Waals surface area contributed by atoms with Gasteiger partial charge in [-0.25, -0.2) is 17.6 Å². The Kier molecular flexibility index (Phi) is 6.01. The maximum Gasteiger partial charge on any atom is 0.317 e. The second-order valence-corrected chi connectivity index (χ2v) is 9.30. The normalized spacial score (nSPS) is 17.8. The highest BCUT2D eigenvalue weighted by Gasteiger charge is 2.32. The van der Waals surface area contributed by atoms with Crippen molar-refractivity contribution in [1.82, 2.24) is 14.5 Å². The number of carbonyl (C=O) groups is 1. The number of rotatable bonds is 4. The van der Waals surface area contributed by atoms with E-state index >= 15 is 0 Å². The summed E-state index contributed by atoms with van der Waals surface area (Å²) in [5.41, 5.74) is 0.873. The second kappa shape index (κ2) is 8.72. The average molecular weight is 450 g/mol. The topological polar surface area (TPSA) is 88.2 Å². The van der Waals surface area contributed by atoms with Crippen molar-refractivity contribution >= 4 is 16.1 Å². The SMILES string of the molecule is CC(NC(=O)N1CCN(S(=O)(=O)c2ccccc2F)CC1)c1ccc2c(c1)OCCO2. The molecule has 2 amide bonds. The van der Waals surface area contributed by atoms with E-state index in [0.717, 1.165) is 11.6 Å². The summed E-state index contributed by atoms with van der Waals surface area (Å²) in [6.07, 6.45) is 0. The van der Waals surface area contributed by atoms with Crippen LogP contribution in [0.15, 0.2) is 47.4 Å². The molecule has 1 saturated heterocycles. The number of nitrogens with one attached hydrogen (secondary N) is 1. The minimum atomic E-state index is -3.94. The zero-order chi connectivity index (χ0) is 22.0. The largest absolute Gasteiger partial charge is 0.486 e. The van der Waals surface area contributed by atoms with Gasteiger partial charge in [0.1, 0.15) is 23.9 Å². The summed E-state index contributed by atoms with van der Waals surface area (Å²) in [6.45, 7) is 3.49. The van der Waals surface area contributed by atoms with Crippen molar-refractivity contribution in [3.8, 4) is 11.5 Å². The van der Waals surface area contributed by atoms with Crippen molar-refractivity contribution in [2.75, 3.05) is 39.4 Å². The van der Waals surface area contributed by atoms with Crippen LogP contribution >= 0.6 is 0 Å². The number of benzene rings is 2. The Morgan fingerprint density at radius 2 is 1.71 bits per heavy atom. The summed E-state index contributed by atoms with van der Waals surface area (Å²) in [4.78, 5) is 13.9. The van der Waals surface area contributed by atoms with E-state index in [2.05, 4.69) is 5.32 Å². The van der Waals surface area contributed by atoms with Crippen LogP contribution in [0.5, 0.6) is 11.5 Å². The molecule has 0 radical (unpaired) electrons. The van der Waals surface area contributed by atoms with Gasteiger partial charge in [-0.3, -0.25) is 0 Å². The van der Waals surface area contributed by atoms with Crippen LogP contribution in [0.1, 0.15) is 18.5 Å². The standard InChI is InChI=1S/C21H24FN3O5S/c1-15(16-6-7-18-19(14-16)30-13-12-29-18)23-21(26)24-8-10-25(11-9-24)31(27,28)20-5-3-2-4-17(20)22/h2-7,14-15H,8-13H2,1H3,(H,23,26). The van der Waals surface area contributed by atoms with E-state index in [-0.39, 0.29) is 43.1 Å². The monoisotopic (exact) mass is 449 g/mol. The number of hydrogen-bond acceptors (Lipinski definition) is 5. The lowest BCUT2D eigenvalue weighted by molar-refractivity contribution is 0.168. The Morgan fingerprint density at radius 3 is 2.42 bits per heavy atom. The van der Waals surface area contributed by atoms with E-state index in [1.54, 1.807) is 4.90 Å². The molecular formula is C21H24FN3O5S. The van der Waals surface area contributed by atoms with Crippen LogP contribution in [0.25, 0.3) is 0 Å². The molecule has 4 rings (SSSR count). The summed E-state index contributed by atoms with van der Waals surface area (Å²) in [5.74, 6) is 0.549. The molecule has 1 fully saturated rings. The first-order chi connectivity index (χ1) is 14.9. The number of halogens is 1. The van der Waals surface area contributed by atoms with Gasteiger partial charge in [0.25, 0.3) is 0 Å². The molecule has 2 aliphatic rings. The van der Waals surface area contributed by atoms with Crippen LogP contribution in [0.4, 0.5) is 9.18 Å². The zero-order valence-corrected chi connectivity index (χ0v) is 17.9. The van der Waals surface area contributed by atoms with Crippen LogP contribution in [0.3, 0.4) is 0 Å². The van der Waals surface area contributed by atoms with Crippen molar-refractivity contribution in [1.29, 1.82) is 0 Å². The van der Waals surface area contributed by atoms with E-state index in [9.17, 15) is 17.6 Å². The minimum absolute atomic E-state index is 0.0997. The molecule has 2 heterocycles. The Morgan fingerprint density at radius 1 is 1.03 bits per heavy atom. The van der Waals surface area contributed by atoms with E-state index < -0.39 is 15.8 Å². The van der Waals surface area contributed by atoms with Gasteiger partial charge in [-0.2, -0.15) is 4.31 Å². The number of fused-ring (bicyclic) bond motifs is 1. The van der Waals surface area contributed by atoms with Crippen LogP contribution in [0, 0.1) is 5.82 Å². The number of urea groups is 1. The summed E-state index contributed by atoms with van der Waals surface area (Å²) < 4.78 is 51.7. The third kappa shape index (κ3) is 4.45. The molecule has 31 heavy (non-hydrogen) atoms. The van der Waals surface area contributed by atoms with Crippen molar-refractivity contribution in [2.24, 2.45) is 0 Å². The van der Waals surface area contributed by atoms with Gasteiger partial charge in [-0.1, -0.05) is 18.2 Å². The molecule has 0 aliphatic carbocycles. The maximum atomic E-state index is 14.0. The molecule has 0 bridgehead atoms. The third-order valence-corrected chi connectivity index (χ3v) is 7.32. The van der Waals surface area contributed by atoms with Gasteiger partial charge in [-0.05, 0) is 36.8 Å². The van der Waals surface area contributed by atoms with Crippen molar-refractivity contribution in [3.63, 3.8) is 0 Å². The number of carbonyl (C=O) groups excluding carboxylic acids is 1. The number of amides is 2. The fourth-order valence-corrected chi connectivity index (χ4v) is 5.10. The molecule has 1 atom stereocenters. The minimum Gasteiger partial charge on any atom is -0.486 e. The first-order valence-electron chi connectivity index (χ1n) is 10.1. The molecule has 0 saturated carbocycles. The fourth-order valence-electron chi connectivity index (χ4n) is 3.61. The highest BCUT2D eigenvalue weighted by Crippen LogP contribution is 2.32. The number of nitrogens with zero attached hydrogens (tertiary/aromatic N) is 2. The highest BCUT2D eigenvalue weighted by atomic mass is 32.2. The molecule has 2 aromatic rings. The van der Waals surface area contributed by atoms with Gasteiger partial charge in [0, 0.05) is 26.2 Å². The predicted octanol–water partition coefficient (Wildman–Crippen LogP) is 2.37. The lowest BCUT2D eigenvalue weighted by Gasteiger charge is -2.34. The highest BCUT2D eigenvalue weighted by molar-refractivity contribution is 7.89. The number of sulfonamides is 1. The zero-order valence-electron chi connectivity index (χ0n) is 17.1. The van der Waals surface area contributed by atoms with Crippen LogP contribution < -0.4 is 14.8 Å². The molecule has 0 aromatic heterocycles. The van der Waals surface area contributed by atoms with Gasteiger partial charge in [-0.15, -0.1) is 0 Å². The smallest absolute Gasteiger partial charge is 0.317 e. The van der Waals surface area contributed by atoms with E-state index in [0.29, 0.717) is 24.7 Å². The first-order valence-corrected chi connectivity index (χ1v) is 11.5. The van der Waals surface area contributed by atoms with Gasteiger partial charge < -0.3 is 19.7 Å². The Hall–Kier alpha value is -2.85. The quantitative estimate of drug-likeness (QED) is 0.774. The Bertz CT molecular complexity index is 1070. The third-order valence-electron chi connectivity index (χ3n) is 5.39. The van der Waals surface area contributed by atoms with E-state index in [4.69, 9.17) is 9.47 Å². The molecule has 1 unspecified atom stereocenters. The van der Waals surface area contributed by atoms with Crippen molar-refractivity contribution in [3.05, 3.63) is 53.8 Å². The molecule has 10 heteroatoms. The molecule has 2 aliphatic heterocycles. The Labute approximate surface area is 180 Å². The second-order valence-electron chi connectivity index (χ2n) is 7.40. The van der Waals surface area contributed by atoms with E-state index in [1.165, 1.54) is 22.5 Å². The van der Waals surface area contributed by atoms with Gasteiger partial charge in [0.2, 0.25) is 10.0 Å². The molecular weight excluding hydrogens is 425 g/mol. The fraction of sp³-hybridized carbons (Fsp3) is 0.381. The lowest BCUT2D eigenvalue weighted by Crippen LogP contribution is -2.53. The molecule has 166 valence electrons. The van der Waals surface area contributed by atoms with Crippen molar-refractivity contribution in [2.45, 2.75) is 17.9 Å². The number of piperazine rings is 1. The Balaban J connectivity index is 1.36. The van der Waals surface area contributed by atoms with E-state index in [1.807, 2.05) is 25.1 Å². The molecule has 8 nitrogen and oxygen atoms in total. The van der Waals surface area contributed by atoms with Gasteiger partial charge in [0.15, 0.2) is 11.5 Å². The number of ether oxygens (including phenoxy) is 2. The van der Waals surface area contributed by atoms with Crippen LogP contribution in [0.2, 0.25) is 0 Å². The number of hydrogen-bond donors (Lipinski definition) is 1. The summed E-state index contributed by atoms with van der Waals surface area (Å²) >= 11 is 0. The predicted molar refractivity (Wildman–Crippen MR) is 111 cm³/mol. The molecule has 1 N–H and O–H groups in total.